The number of phenols is 1. The molecule has 1 heterocycles. The zero-order valence-electron chi connectivity index (χ0n) is 10.7. The molecule has 0 spiro atoms. The Labute approximate surface area is 106 Å². The summed E-state index contributed by atoms with van der Waals surface area (Å²) in [6.07, 6.45) is 0. The molecule has 0 radical (unpaired) electrons. The molecule has 0 fully saturated rings. The van der Waals surface area contributed by atoms with E-state index in [1.54, 1.807) is 24.3 Å². The molecule has 1 unspecified atom stereocenters. The summed E-state index contributed by atoms with van der Waals surface area (Å²) < 4.78 is 5.18. The van der Waals surface area contributed by atoms with Crippen molar-refractivity contribution in [2.75, 3.05) is 0 Å². The number of hydrogen-bond donors (Lipinski definition) is 2. The molecule has 0 saturated carbocycles. The highest BCUT2D eigenvalue weighted by atomic mass is 16.5. The van der Waals surface area contributed by atoms with Crippen molar-refractivity contribution in [3.05, 3.63) is 30.2 Å². The monoisotopic (exact) mass is 247 g/mol. The minimum atomic E-state index is -0.323. The van der Waals surface area contributed by atoms with Crippen LogP contribution in [0.5, 0.6) is 5.75 Å². The molecular formula is C13H17N3O2. The Hall–Kier alpha value is -1.88. The van der Waals surface area contributed by atoms with Crippen molar-refractivity contribution in [2.24, 2.45) is 11.1 Å². The molecule has 0 aliphatic rings. The molecular weight excluding hydrogens is 230 g/mol. The lowest BCUT2D eigenvalue weighted by Crippen LogP contribution is -2.26. The second kappa shape index (κ2) is 4.42. The van der Waals surface area contributed by atoms with Gasteiger partial charge in [-0.05, 0) is 17.5 Å². The van der Waals surface area contributed by atoms with Crippen molar-refractivity contribution in [1.29, 1.82) is 0 Å². The Morgan fingerprint density at radius 1 is 1.33 bits per heavy atom. The fraction of sp³-hybridized carbons (Fsp3) is 0.385. The lowest BCUT2D eigenvalue weighted by Gasteiger charge is -2.23. The smallest absolute Gasteiger partial charge is 0.244 e. The number of hydrogen-bond acceptors (Lipinski definition) is 5. The number of rotatable bonds is 2. The van der Waals surface area contributed by atoms with E-state index < -0.39 is 0 Å². The molecule has 18 heavy (non-hydrogen) atoms. The van der Waals surface area contributed by atoms with Crippen LogP contribution in [0.1, 0.15) is 32.7 Å². The molecule has 0 aliphatic heterocycles. The van der Waals surface area contributed by atoms with Gasteiger partial charge < -0.3 is 15.4 Å². The molecule has 1 aromatic carbocycles. The molecule has 0 bridgehead atoms. The Morgan fingerprint density at radius 2 is 2.06 bits per heavy atom. The number of phenolic OH excluding ortho intramolecular Hbond substituents is 1. The quantitative estimate of drug-likeness (QED) is 0.851. The second-order valence-electron chi connectivity index (χ2n) is 5.35. The van der Waals surface area contributed by atoms with E-state index in [0.717, 1.165) is 0 Å². The Bertz CT molecular complexity index is 543. The van der Waals surface area contributed by atoms with Crippen LogP contribution in [-0.2, 0) is 0 Å². The van der Waals surface area contributed by atoms with Crippen molar-refractivity contribution in [2.45, 2.75) is 26.8 Å². The van der Waals surface area contributed by atoms with Gasteiger partial charge >= 0.3 is 0 Å². The van der Waals surface area contributed by atoms with Crippen LogP contribution in [0.25, 0.3) is 11.4 Å². The molecule has 96 valence electrons. The van der Waals surface area contributed by atoms with Crippen molar-refractivity contribution in [3.63, 3.8) is 0 Å². The van der Waals surface area contributed by atoms with Crippen molar-refractivity contribution >= 4 is 0 Å². The molecule has 3 N–H and O–H groups in total. The van der Waals surface area contributed by atoms with E-state index in [0.29, 0.717) is 17.3 Å². The van der Waals surface area contributed by atoms with Gasteiger partial charge in [-0.15, -0.1) is 0 Å². The summed E-state index contributed by atoms with van der Waals surface area (Å²) in [4.78, 5) is 4.27. The van der Waals surface area contributed by atoms with Crippen LogP contribution in [-0.4, -0.2) is 15.2 Å². The van der Waals surface area contributed by atoms with Crippen LogP contribution in [0.3, 0.4) is 0 Å². The van der Waals surface area contributed by atoms with Crippen LogP contribution in [0.15, 0.2) is 28.8 Å². The first-order valence-electron chi connectivity index (χ1n) is 5.76. The van der Waals surface area contributed by atoms with Gasteiger partial charge in [-0.1, -0.05) is 38.1 Å². The molecule has 0 amide bonds. The molecule has 5 heteroatoms. The van der Waals surface area contributed by atoms with Crippen LogP contribution >= 0.6 is 0 Å². The number of aromatic hydroxyl groups is 1. The predicted molar refractivity (Wildman–Crippen MR) is 67.8 cm³/mol. The maximum absolute atomic E-state index is 9.41. The molecule has 2 rings (SSSR count). The zero-order valence-corrected chi connectivity index (χ0v) is 10.7. The zero-order chi connectivity index (χ0) is 13.3. The van der Waals surface area contributed by atoms with Crippen LogP contribution in [0.2, 0.25) is 0 Å². The fourth-order valence-corrected chi connectivity index (χ4v) is 1.49. The van der Waals surface area contributed by atoms with Gasteiger partial charge in [0.2, 0.25) is 11.7 Å². The lowest BCUT2D eigenvalue weighted by atomic mass is 9.87. The van der Waals surface area contributed by atoms with E-state index in [1.807, 2.05) is 20.8 Å². The molecule has 5 nitrogen and oxygen atoms in total. The Morgan fingerprint density at radius 3 is 2.67 bits per heavy atom. The first-order valence-corrected chi connectivity index (χ1v) is 5.76. The molecule has 1 atom stereocenters. The Kier molecular flexibility index (Phi) is 3.09. The first kappa shape index (κ1) is 12.6. The Balaban J connectivity index is 2.31. The maximum Gasteiger partial charge on any atom is 0.244 e. The second-order valence-corrected chi connectivity index (χ2v) is 5.35. The number of nitrogens with zero attached hydrogens (tertiary/aromatic N) is 2. The normalized spacial score (nSPS) is 13.6. The standard InChI is InChI=1S/C13H17N3O2/c1-13(2,3)10(14)12-15-11(16-18-12)8-5-4-6-9(17)7-8/h4-7,10,17H,14H2,1-3H3. The third kappa shape index (κ3) is 2.51. The van der Waals surface area contributed by atoms with E-state index in [9.17, 15) is 5.11 Å². The van der Waals surface area contributed by atoms with Gasteiger partial charge in [-0.3, -0.25) is 0 Å². The lowest BCUT2D eigenvalue weighted by molar-refractivity contribution is 0.253. The van der Waals surface area contributed by atoms with E-state index in [2.05, 4.69) is 10.1 Å². The summed E-state index contributed by atoms with van der Waals surface area (Å²) in [5, 5.41) is 13.3. The molecule has 1 aromatic heterocycles. The van der Waals surface area contributed by atoms with Gasteiger partial charge in [0.05, 0.1) is 6.04 Å². The summed E-state index contributed by atoms with van der Waals surface area (Å²) in [5.41, 5.74) is 6.60. The number of benzene rings is 1. The molecule has 2 aromatic rings. The van der Waals surface area contributed by atoms with Gasteiger partial charge in [0.25, 0.3) is 0 Å². The summed E-state index contributed by atoms with van der Waals surface area (Å²) >= 11 is 0. The maximum atomic E-state index is 9.41. The average molecular weight is 247 g/mol. The highest BCUT2D eigenvalue weighted by Gasteiger charge is 2.27. The third-order valence-corrected chi connectivity index (χ3v) is 2.75. The third-order valence-electron chi connectivity index (χ3n) is 2.75. The van der Waals surface area contributed by atoms with Gasteiger partial charge in [-0.25, -0.2) is 0 Å². The number of aromatic nitrogens is 2. The SMILES string of the molecule is CC(C)(C)C(N)c1nc(-c2cccc(O)c2)no1. The molecule has 0 aliphatic carbocycles. The predicted octanol–water partition coefficient (Wildman–Crippen LogP) is 2.49. The van der Waals surface area contributed by atoms with E-state index in [1.165, 1.54) is 0 Å². The summed E-state index contributed by atoms with van der Waals surface area (Å²) in [6, 6.07) is 6.38. The van der Waals surface area contributed by atoms with E-state index in [4.69, 9.17) is 10.3 Å². The summed E-state index contributed by atoms with van der Waals surface area (Å²) in [7, 11) is 0. The number of nitrogens with two attached hydrogens (primary N) is 1. The topological polar surface area (TPSA) is 85.2 Å². The van der Waals surface area contributed by atoms with Gasteiger partial charge in [0.1, 0.15) is 5.75 Å². The highest BCUT2D eigenvalue weighted by molar-refractivity contribution is 5.56. The fourth-order valence-electron chi connectivity index (χ4n) is 1.49. The first-order chi connectivity index (χ1) is 8.38. The minimum absolute atomic E-state index is 0.150. The van der Waals surface area contributed by atoms with Gasteiger partial charge in [-0.2, -0.15) is 4.98 Å². The highest BCUT2D eigenvalue weighted by Crippen LogP contribution is 2.30. The van der Waals surface area contributed by atoms with Gasteiger partial charge in [0, 0.05) is 5.56 Å². The van der Waals surface area contributed by atoms with Gasteiger partial charge in [0.15, 0.2) is 0 Å². The van der Waals surface area contributed by atoms with Crippen molar-refractivity contribution in [3.8, 4) is 17.1 Å². The molecule has 0 saturated heterocycles. The van der Waals surface area contributed by atoms with Crippen molar-refractivity contribution < 1.29 is 9.63 Å². The average Bonchev–Trinajstić information content (AvgIpc) is 2.75. The van der Waals surface area contributed by atoms with Crippen LogP contribution < -0.4 is 5.73 Å². The van der Waals surface area contributed by atoms with E-state index in [-0.39, 0.29) is 17.2 Å². The van der Waals surface area contributed by atoms with Crippen LogP contribution in [0, 0.1) is 5.41 Å². The van der Waals surface area contributed by atoms with Crippen LogP contribution in [0.4, 0.5) is 0 Å². The minimum Gasteiger partial charge on any atom is -0.508 e. The van der Waals surface area contributed by atoms with E-state index >= 15 is 0 Å². The largest absolute Gasteiger partial charge is 0.508 e. The van der Waals surface area contributed by atoms with Crippen molar-refractivity contribution in [1.82, 2.24) is 10.1 Å². The summed E-state index contributed by atoms with van der Waals surface area (Å²) in [5.74, 6) is 1.00. The summed E-state index contributed by atoms with van der Waals surface area (Å²) in [6.45, 7) is 6.03.